The van der Waals surface area contributed by atoms with Gasteiger partial charge in [-0.1, -0.05) is 25.1 Å². The van der Waals surface area contributed by atoms with Gasteiger partial charge in [0, 0.05) is 13.0 Å². The molecule has 1 aliphatic rings. The molecule has 0 bridgehead atoms. The Bertz CT molecular complexity index is 461. The molecule has 2 rings (SSSR count). The SMILES string of the molecule is CCC(CNC(=O)C1Cc2ccccc2O1)C(=O)O. The van der Waals surface area contributed by atoms with Crippen LogP contribution in [-0.4, -0.2) is 29.6 Å². The molecule has 0 radical (unpaired) electrons. The van der Waals surface area contributed by atoms with Crippen molar-refractivity contribution >= 4 is 11.9 Å². The van der Waals surface area contributed by atoms with Gasteiger partial charge >= 0.3 is 5.97 Å². The average molecular weight is 263 g/mol. The molecule has 0 fully saturated rings. The van der Waals surface area contributed by atoms with Crippen molar-refractivity contribution in [3.63, 3.8) is 0 Å². The third-order valence-electron chi connectivity index (χ3n) is 3.30. The summed E-state index contributed by atoms with van der Waals surface area (Å²) < 4.78 is 5.54. The number of hydrogen-bond acceptors (Lipinski definition) is 3. The summed E-state index contributed by atoms with van der Waals surface area (Å²) in [4.78, 5) is 22.8. The molecule has 5 nitrogen and oxygen atoms in total. The Hall–Kier alpha value is -2.04. The fraction of sp³-hybridized carbons (Fsp3) is 0.429. The minimum atomic E-state index is -0.890. The highest BCUT2D eigenvalue weighted by molar-refractivity contribution is 5.83. The number of hydrogen-bond donors (Lipinski definition) is 2. The number of aliphatic carboxylic acids is 1. The first-order chi connectivity index (χ1) is 9.11. The molecule has 0 spiro atoms. The lowest BCUT2D eigenvalue weighted by atomic mass is 10.1. The number of ether oxygens (including phenoxy) is 1. The summed E-state index contributed by atoms with van der Waals surface area (Å²) in [7, 11) is 0. The van der Waals surface area contributed by atoms with Crippen LogP contribution >= 0.6 is 0 Å². The highest BCUT2D eigenvalue weighted by Crippen LogP contribution is 2.28. The first-order valence-electron chi connectivity index (χ1n) is 6.37. The monoisotopic (exact) mass is 263 g/mol. The number of carbonyl (C=O) groups excluding carboxylic acids is 1. The molecule has 1 aliphatic heterocycles. The summed E-state index contributed by atoms with van der Waals surface area (Å²) in [6, 6.07) is 7.51. The van der Waals surface area contributed by atoms with Crippen LogP contribution < -0.4 is 10.1 Å². The third kappa shape index (κ3) is 3.05. The van der Waals surface area contributed by atoms with Crippen LogP contribution in [0.3, 0.4) is 0 Å². The van der Waals surface area contributed by atoms with Crippen molar-refractivity contribution in [3.05, 3.63) is 29.8 Å². The fourth-order valence-electron chi connectivity index (χ4n) is 2.07. The summed E-state index contributed by atoms with van der Waals surface area (Å²) >= 11 is 0. The average Bonchev–Trinajstić information content (AvgIpc) is 2.82. The van der Waals surface area contributed by atoms with Crippen LogP contribution in [0.5, 0.6) is 5.75 Å². The lowest BCUT2D eigenvalue weighted by Crippen LogP contribution is -2.41. The zero-order chi connectivity index (χ0) is 13.8. The van der Waals surface area contributed by atoms with Crippen LogP contribution in [-0.2, 0) is 16.0 Å². The Morgan fingerprint density at radius 2 is 2.21 bits per heavy atom. The molecule has 5 heteroatoms. The Morgan fingerprint density at radius 3 is 2.84 bits per heavy atom. The third-order valence-corrected chi connectivity index (χ3v) is 3.30. The largest absolute Gasteiger partial charge is 0.481 e. The van der Waals surface area contributed by atoms with Crippen molar-refractivity contribution in [3.8, 4) is 5.75 Å². The summed E-state index contributed by atoms with van der Waals surface area (Å²) in [5, 5.41) is 11.6. The molecule has 0 aliphatic carbocycles. The lowest BCUT2D eigenvalue weighted by molar-refractivity contribution is -0.141. The Kier molecular flexibility index (Phi) is 4.04. The first kappa shape index (κ1) is 13.4. The predicted octanol–water partition coefficient (Wildman–Crippen LogP) is 1.22. The van der Waals surface area contributed by atoms with E-state index in [-0.39, 0.29) is 12.5 Å². The number of carboxylic acids is 1. The summed E-state index contributed by atoms with van der Waals surface area (Å²) in [6.45, 7) is 1.92. The van der Waals surface area contributed by atoms with Gasteiger partial charge in [0.05, 0.1) is 5.92 Å². The molecule has 1 amide bonds. The van der Waals surface area contributed by atoms with Gasteiger partial charge in [0.25, 0.3) is 5.91 Å². The number of carbonyl (C=O) groups is 2. The van der Waals surface area contributed by atoms with E-state index in [1.807, 2.05) is 24.3 Å². The van der Waals surface area contributed by atoms with Gasteiger partial charge in [-0.15, -0.1) is 0 Å². The van der Waals surface area contributed by atoms with E-state index in [1.165, 1.54) is 0 Å². The smallest absolute Gasteiger partial charge is 0.308 e. The van der Waals surface area contributed by atoms with E-state index in [9.17, 15) is 9.59 Å². The fourth-order valence-corrected chi connectivity index (χ4v) is 2.07. The summed E-state index contributed by atoms with van der Waals surface area (Å²) in [5.74, 6) is -0.963. The quantitative estimate of drug-likeness (QED) is 0.837. The molecule has 0 saturated heterocycles. The first-order valence-corrected chi connectivity index (χ1v) is 6.37. The van der Waals surface area contributed by atoms with E-state index in [2.05, 4.69) is 5.32 Å². The Morgan fingerprint density at radius 1 is 1.47 bits per heavy atom. The van der Waals surface area contributed by atoms with Crippen molar-refractivity contribution < 1.29 is 19.4 Å². The van der Waals surface area contributed by atoms with Crippen LogP contribution in [0.2, 0.25) is 0 Å². The van der Waals surface area contributed by atoms with Crippen molar-refractivity contribution in [2.45, 2.75) is 25.9 Å². The summed E-state index contributed by atoms with van der Waals surface area (Å²) in [6.07, 6.45) is 0.469. The number of rotatable bonds is 5. The number of carboxylic acid groups (broad SMARTS) is 1. The topological polar surface area (TPSA) is 75.6 Å². The maximum atomic E-state index is 11.9. The lowest BCUT2D eigenvalue weighted by Gasteiger charge is -2.14. The van der Waals surface area contributed by atoms with E-state index in [1.54, 1.807) is 6.92 Å². The van der Waals surface area contributed by atoms with Crippen molar-refractivity contribution in [2.24, 2.45) is 5.92 Å². The zero-order valence-corrected chi connectivity index (χ0v) is 10.8. The number of amides is 1. The number of fused-ring (bicyclic) bond motifs is 1. The van der Waals surface area contributed by atoms with Gasteiger partial charge in [0.1, 0.15) is 5.75 Å². The number of para-hydroxylation sites is 1. The van der Waals surface area contributed by atoms with E-state index < -0.39 is 18.0 Å². The molecule has 19 heavy (non-hydrogen) atoms. The standard InChI is InChI=1S/C14H17NO4/c1-2-9(14(17)18)8-15-13(16)12-7-10-5-3-4-6-11(10)19-12/h3-6,9,12H,2,7-8H2,1H3,(H,15,16)(H,17,18). The zero-order valence-electron chi connectivity index (χ0n) is 10.8. The van der Waals surface area contributed by atoms with Gasteiger partial charge in [-0.3, -0.25) is 9.59 Å². The van der Waals surface area contributed by atoms with E-state index in [0.29, 0.717) is 12.8 Å². The van der Waals surface area contributed by atoms with Gasteiger partial charge in [0.15, 0.2) is 6.10 Å². The van der Waals surface area contributed by atoms with Gasteiger partial charge in [-0.25, -0.2) is 0 Å². The maximum Gasteiger partial charge on any atom is 0.308 e. The molecule has 0 saturated carbocycles. The molecule has 1 aromatic carbocycles. The molecule has 0 aromatic heterocycles. The van der Waals surface area contributed by atoms with Gasteiger partial charge in [0.2, 0.25) is 0 Å². The second-order valence-corrected chi connectivity index (χ2v) is 4.61. The second-order valence-electron chi connectivity index (χ2n) is 4.61. The van der Waals surface area contributed by atoms with Crippen molar-refractivity contribution in [1.29, 1.82) is 0 Å². The molecule has 1 heterocycles. The predicted molar refractivity (Wildman–Crippen MR) is 69.0 cm³/mol. The van der Waals surface area contributed by atoms with Crippen LogP contribution in [0.4, 0.5) is 0 Å². The van der Waals surface area contributed by atoms with Gasteiger partial charge in [-0.2, -0.15) is 0 Å². The summed E-state index contributed by atoms with van der Waals surface area (Å²) in [5.41, 5.74) is 1.01. The van der Waals surface area contributed by atoms with Crippen LogP contribution in [0, 0.1) is 5.92 Å². The maximum absolute atomic E-state index is 11.9. The molecular formula is C14H17NO4. The highest BCUT2D eigenvalue weighted by Gasteiger charge is 2.29. The van der Waals surface area contributed by atoms with Gasteiger partial charge in [-0.05, 0) is 18.1 Å². The van der Waals surface area contributed by atoms with Crippen molar-refractivity contribution in [2.75, 3.05) is 6.54 Å². The Balaban J connectivity index is 1.88. The normalized spacial score (nSPS) is 18.3. The molecule has 2 atom stereocenters. The molecule has 102 valence electrons. The minimum Gasteiger partial charge on any atom is -0.481 e. The number of nitrogens with one attached hydrogen (secondary N) is 1. The van der Waals surface area contributed by atoms with Crippen LogP contribution in [0.15, 0.2) is 24.3 Å². The minimum absolute atomic E-state index is 0.140. The Labute approximate surface area is 111 Å². The van der Waals surface area contributed by atoms with E-state index in [4.69, 9.17) is 9.84 Å². The van der Waals surface area contributed by atoms with E-state index in [0.717, 1.165) is 11.3 Å². The molecular weight excluding hydrogens is 246 g/mol. The van der Waals surface area contributed by atoms with Crippen LogP contribution in [0.25, 0.3) is 0 Å². The van der Waals surface area contributed by atoms with Gasteiger partial charge < -0.3 is 15.2 Å². The number of benzene rings is 1. The molecule has 2 unspecified atom stereocenters. The van der Waals surface area contributed by atoms with Crippen molar-refractivity contribution in [1.82, 2.24) is 5.32 Å². The molecule has 1 aromatic rings. The van der Waals surface area contributed by atoms with Crippen LogP contribution in [0.1, 0.15) is 18.9 Å². The molecule has 2 N–H and O–H groups in total. The second kappa shape index (κ2) is 5.73. The van der Waals surface area contributed by atoms with E-state index >= 15 is 0 Å². The highest BCUT2D eigenvalue weighted by atomic mass is 16.5.